The summed E-state index contributed by atoms with van der Waals surface area (Å²) in [5.41, 5.74) is 2.68. The molecule has 0 bridgehead atoms. The van der Waals surface area contributed by atoms with Gasteiger partial charge in [0.25, 0.3) is 5.91 Å². The molecule has 3 aromatic rings. The van der Waals surface area contributed by atoms with E-state index in [1.54, 1.807) is 36.4 Å². The lowest BCUT2D eigenvalue weighted by Crippen LogP contribution is -2.25. The Bertz CT molecular complexity index is 1250. The maximum Gasteiger partial charge on any atom is 0.335 e. The molecule has 0 heterocycles. The lowest BCUT2D eigenvalue weighted by Gasteiger charge is -2.12. The van der Waals surface area contributed by atoms with Gasteiger partial charge in [0.15, 0.2) is 11.5 Å². The molecule has 0 unspecified atom stereocenters. The van der Waals surface area contributed by atoms with Crippen LogP contribution in [0.5, 0.6) is 11.5 Å². The molecule has 178 valence electrons. The van der Waals surface area contributed by atoms with Crippen LogP contribution in [-0.2, 0) is 17.8 Å². The first kappa shape index (κ1) is 25.1. The third-order valence-corrected chi connectivity index (χ3v) is 5.20. The Morgan fingerprint density at radius 3 is 2.49 bits per heavy atom. The van der Waals surface area contributed by atoms with Crippen molar-refractivity contribution in [3.63, 3.8) is 0 Å². The number of nitriles is 1. The first-order valence-corrected chi connectivity index (χ1v) is 11.1. The van der Waals surface area contributed by atoms with Crippen molar-refractivity contribution in [1.82, 2.24) is 5.32 Å². The van der Waals surface area contributed by atoms with Crippen LogP contribution in [0.3, 0.4) is 0 Å². The minimum atomic E-state index is -1.01. The topological polar surface area (TPSA) is 109 Å². The first-order valence-electron chi connectivity index (χ1n) is 11.1. The van der Waals surface area contributed by atoms with E-state index in [9.17, 15) is 14.9 Å². The molecule has 35 heavy (non-hydrogen) atoms. The van der Waals surface area contributed by atoms with E-state index < -0.39 is 11.9 Å². The van der Waals surface area contributed by atoms with Gasteiger partial charge in [-0.25, -0.2) is 4.79 Å². The maximum atomic E-state index is 12.4. The van der Waals surface area contributed by atoms with Crippen LogP contribution in [0.25, 0.3) is 6.08 Å². The molecule has 0 aliphatic carbocycles. The highest BCUT2D eigenvalue weighted by Crippen LogP contribution is 2.29. The Hall–Kier alpha value is -4.57. The molecular weight excluding hydrogens is 444 g/mol. The average Bonchev–Trinajstić information content (AvgIpc) is 2.89. The van der Waals surface area contributed by atoms with E-state index in [1.807, 2.05) is 36.4 Å². The Labute approximate surface area is 204 Å². The molecule has 7 heteroatoms. The smallest absolute Gasteiger partial charge is 0.335 e. The molecule has 0 atom stereocenters. The number of carbonyl (C=O) groups excluding carboxylic acids is 1. The molecule has 0 aliphatic rings. The molecule has 0 spiro atoms. The van der Waals surface area contributed by atoms with Crippen LogP contribution in [0.15, 0.2) is 78.4 Å². The second-order valence-electron chi connectivity index (χ2n) is 7.72. The van der Waals surface area contributed by atoms with Crippen LogP contribution in [0.1, 0.15) is 33.5 Å². The van der Waals surface area contributed by atoms with Gasteiger partial charge < -0.3 is 19.9 Å². The fourth-order valence-corrected chi connectivity index (χ4v) is 3.40. The summed E-state index contributed by atoms with van der Waals surface area (Å²) < 4.78 is 11.2. The molecule has 3 rings (SSSR count). The number of carboxylic acids is 1. The van der Waals surface area contributed by atoms with Crippen molar-refractivity contribution in [1.29, 1.82) is 5.26 Å². The summed E-state index contributed by atoms with van der Waals surface area (Å²) in [6, 6.07) is 23.5. The monoisotopic (exact) mass is 470 g/mol. The summed E-state index contributed by atoms with van der Waals surface area (Å²) in [7, 11) is 1.49. The van der Waals surface area contributed by atoms with Crippen molar-refractivity contribution in [2.24, 2.45) is 0 Å². The number of carbonyl (C=O) groups is 2. The summed E-state index contributed by atoms with van der Waals surface area (Å²) in [4.78, 5) is 23.6. The van der Waals surface area contributed by atoms with Crippen LogP contribution >= 0.6 is 0 Å². The van der Waals surface area contributed by atoms with E-state index in [2.05, 4.69) is 5.32 Å². The number of hydrogen-bond donors (Lipinski definition) is 2. The van der Waals surface area contributed by atoms with E-state index in [-0.39, 0.29) is 17.7 Å². The molecule has 0 saturated carbocycles. The molecule has 3 aromatic carbocycles. The SMILES string of the molecule is COc1cc(/C=C(/C#N)C(=O)NCCCc2ccccc2)ccc1OCc1cccc(C(=O)O)c1. The summed E-state index contributed by atoms with van der Waals surface area (Å²) >= 11 is 0. The zero-order valence-electron chi connectivity index (χ0n) is 19.4. The summed E-state index contributed by atoms with van der Waals surface area (Å²) in [5, 5.41) is 21.4. The normalized spacial score (nSPS) is 10.8. The highest BCUT2D eigenvalue weighted by Gasteiger charge is 2.11. The van der Waals surface area contributed by atoms with Crippen LogP contribution in [0.2, 0.25) is 0 Å². The number of amides is 1. The zero-order chi connectivity index (χ0) is 25.0. The number of benzene rings is 3. The average molecular weight is 471 g/mol. The Kier molecular flexibility index (Phi) is 9.03. The van der Waals surface area contributed by atoms with Crippen molar-refractivity contribution < 1.29 is 24.2 Å². The van der Waals surface area contributed by atoms with E-state index in [0.29, 0.717) is 29.2 Å². The summed E-state index contributed by atoms with van der Waals surface area (Å²) in [6.07, 6.45) is 3.10. The van der Waals surface area contributed by atoms with Gasteiger partial charge in [-0.15, -0.1) is 0 Å². The van der Waals surface area contributed by atoms with Crippen molar-refractivity contribution in [3.05, 3.63) is 101 Å². The van der Waals surface area contributed by atoms with Gasteiger partial charge in [0, 0.05) is 6.54 Å². The van der Waals surface area contributed by atoms with Crippen LogP contribution in [0.4, 0.5) is 0 Å². The lowest BCUT2D eigenvalue weighted by atomic mass is 10.1. The van der Waals surface area contributed by atoms with Gasteiger partial charge in [-0.3, -0.25) is 4.79 Å². The third-order valence-electron chi connectivity index (χ3n) is 5.20. The summed E-state index contributed by atoms with van der Waals surface area (Å²) in [6.45, 7) is 0.618. The van der Waals surface area contributed by atoms with Crippen molar-refractivity contribution in [2.75, 3.05) is 13.7 Å². The second-order valence-corrected chi connectivity index (χ2v) is 7.72. The zero-order valence-corrected chi connectivity index (χ0v) is 19.4. The number of aromatic carboxylic acids is 1. The van der Waals surface area contributed by atoms with Crippen molar-refractivity contribution >= 4 is 18.0 Å². The predicted molar refractivity (Wildman–Crippen MR) is 132 cm³/mol. The van der Waals surface area contributed by atoms with Gasteiger partial charge in [-0.05, 0) is 59.9 Å². The van der Waals surface area contributed by atoms with Gasteiger partial charge >= 0.3 is 5.97 Å². The van der Waals surface area contributed by atoms with E-state index >= 15 is 0 Å². The number of methoxy groups -OCH3 is 1. The number of ether oxygens (including phenoxy) is 2. The van der Waals surface area contributed by atoms with E-state index in [0.717, 1.165) is 12.8 Å². The van der Waals surface area contributed by atoms with Gasteiger partial charge in [0.1, 0.15) is 18.2 Å². The number of aryl methyl sites for hydroxylation is 1. The second kappa shape index (κ2) is 12.6. The molecule has 0 radical (unpaired) electrons. The fraction of sp³-hybridized carbons (Fsp3) is 0.179. The Morgan fingerprint density at radius 2 is 1.77 bits per heavy atom. The Morgan fingerprint density at radius 1 is 1.00 bits per heavy atom. The molecular formula is C28H26N2O5. The van der Waals surface area contributed by atoms with E-state index in [4.69, 9.17) is 14.6 Å². The van der Waals surface area contributed by atoms with Gasteiger partial charge in [0.05, 0.1) is 12.7 Å². The largest absolute Gasteiger partial charge is 0.493 e. The third kappa shape index (κ3) is 7.47. The number of rotatable bonds is 11. The molecule has 7 nitrogen and oxygen atoms in total. The highest BCUT2D eigenvalue weighted by atomic mass is 16.5. The van der Waals surface area contributed by atoms with Crippen LogP contribution < -0.4 is 14.8 Å². The minimum absolute atomic E-state index is 0.00841. The quantitative estimate of drug-likeness (QED) is 0.240. The molecule has 0 aromatic heterocycles. The van der Waals surface area contributed by atoms with E-state index in [1.165, 1.54) is 24.8 Å². The Balaban J connectivity index is 1.61. The molecule has 1 amide bonds. The highest BCUT2D eigenvalue weighted by molar-refractivity contribution is 6.01. The fourth-order valence-electron chi connectivity index (χ4n) is 3.40. The van der Waals surface area contributed by atoms with Gasteiger partial charge in [-0.2, -0.15) is 5.26 Å². The standard InChI is InChI=1S/C28H26N2O5/c1-34-26-17-21(12-13-25(26)35-19-22-9-5-11-23(16-22)28(32)33)15-24(18-29)27(31)30-14-6-10-20-7-3-2-4-8-20/h2-5,7-9,11-13,15-17H,6,10,14,19H2,1H3,(H,30,31)(H,32,33)/b24-15-. The summed E-state index contributed by atoms with van der Waals surface area (Å²) in [5.74, 6) is -0.560. The minimum Gasteiger partial charge on any atom is -0.493 e. The number of nitrogens with one attached hydrogen (secondary N) is 1. The molecule has 2 N–H and O–H groups in total. The van der Waals surface area contributed by atoms with Crippen molar-refractivity contribution in [2.45, 2.75) is 19.4 Å². The first-order chi connectivity index (χ1) is 17.0. The molecule has 0 fully saturated rings. The number of hydrogen-bond acceptors (Lipinski definition) is 5. The van der Waals surface area contributed by atoms with Gasteiger partial charge in [-0.1, -0.05) is 48.5 Å². The predicted octanol–water partition coefficient (Wildman–Crippen LogP) is 4.63. The molecule has 0 saturated heterocycles. The maximum absolute atomic E-state index is 12.4. The number of carboxylic acid groups (broad SMARTS) is 1. The molecule has 0 aliphatic heterocycles. The number of nitrogens with zero attached hydrogens (tertiary/aromatic N) is 1. The van der Waals surface area contributed by atoms with Crippen LogP contribution in [0, 0.1) is 11.3 Å². The van der Waals surface area contributed by atoms with Crippen molar-refractivity contribution in [3.8, 4) is 17.6 Å². The van der Waals surface area contributed by atoms with Crippen LogP contribution in [-0.4, -0.2) is 30.6 Å². The lowest BCUT2D eigenvalue weighted by molar-refractivity contribution is -0.117. The van der Waals surface area contributed by atoms with Gasteiger partial charge in [0.2, 0.25) is 0 Å².